The van der Waals surface area contributed by atoms with Crippen LogP contribution in [-0.4, -0.2) is 35.7 Å². The van der Waals surface area contributed by atoms with Crippen LogP contribution >= 0.6 is 11.3 Å². The number of Topliss-reactive ketones (excluding diaryl/α,β-unsaturated/α-hetero) is 1. The number of anilines is 1. The van der Waals surface area contributed by atoms with Crippen molar-refractivity contribution < 1.29 is 27.5 Å². The number of ketones is 1. The number of rotatable bonds is 3. The zero-order chi connectivity index (χ0) is 17.3. The fourth-order valence-electron chi connectivity index (χ4n) is 1.48. The van der Waals surface area contributed by atoms with Gasteiger partial charge in [0, 0.05) is 14.0 Å². The lowest BCUT2D eigenvalue weighted by Gasteiger charge is -2.23. The van der Waals surface area contributed by atoms with Gasteiger partial charge in [0.2, 0.25) is 0 Å². The molecule has 1 aromatic rings. The summed E-state index contributed by atoms with van der Waals surface area (Å²) in [5.41, 5.74) is -1.13. The first-order valence-corrected chi connectivity index (χ1v) is 7.16. The van der Waals surface area contributed by atoms with Crippen LogP contribution in [0.2, 0.25) is 0 Å². The van der Waals surface area contributed by atoms with E-state index < -0.39 is 30.1 Å². The molecule has 0 aromatic carbocycles. The van der Waals surface area contributed by atoms with Crippen molar-refractivity contribution in [3.8, 4) is 0 Å². The Morgan fingerprint density at radius 2 is 1.82 bits per heavy atom. The molecule has 0 saturated carbocycles. The number of hydrogen-bond acceptors (Lipinski definition) is 5. The van der Waals surface area contributed by atoms with Gasteiger partial charge in [-0.05, 0) is 20.8 Å². The molecule has 9 heteroatoms. The van der Waals surface area contributed by atoms with Gasteiger partial charge < -0.3 is 4.74 Å². The number of alkyl halides is 3. The van der Waals surface area contributed by atoms with Crippen LogP contribution in [0.25, 0.3) is 0 Å². The van der Waals surface area contributed by atoms with Crippen LogP contribution in [0.3, 0.4) is 0 Å². The Bertz CT molecular complexity index is 576. The van der Waals surface area contributed by atoms with E-state index in [1.165, 1.54) is 7.05 Å². The maximum Gasteiger partial charge on any atom is 0.416 e. The van der Waals surface area contributed by atoms with Gasteiger partial charge in [0.05, 0.1) is 17.0 Å². The summed E-state index contributed by atoms with van der Waals surface area (Å²) in [5.74, 6) is -0.527. The van der Waals surface area contributed by atoms with Gasteiger partial charge in [-0.25, -0.2) is 9.78 Å². The second-order valence-electron chi connectivity index (χ2n) is 5.66. The Balaban J connectivity index is 3.08. The topological polar surface area (TPSA) is 59.5 Å². The SMILES string of the molecule is CC(=O)c1sc(N(C)C(=O)OC(C)(C)C)nc1CC(F)(F)F. The summed E-state index contributed by atoms with van der Waals surface area (Å²) in [6, 6.07) is 0. The molecule has 1 aromatic heterocycles. The molecular weight excluding hydrogens is 321 g/mol. The first kappa shape index (κ1) is 18.4. The first-order valence-electron chi connectivity index (χ1n) is 6.34. The Labute approximate surface area is 130 Å². The van der Waals surface area contributed by atoms with E-state index in [1.807, 2.05) is 0 Å². The minimum Gasteiger partial charge on any atom is -0.443 e. The fraction of sp³-hybridized carbons (Fsp3) is 0.615. The van der Waals surface area contributed by atoms with Gasteiger partial charge in [-0.15, -0.1) is 0 Å². The van der Waals surface area contributed by atoms with Crippen LogP contribution in [0, 0.1) is 0 Å². The van der Waals surface area contributed by atoms with Crippen molar-refractivity contribution in [3.63, 3.8) is 0 Å². The van der Waals surface area contributed by atoms with Gasteiger partial charge in [-0.1, -0.05) is 11.3 Å². The zero-order valence-electron chi connectivity index (χ0n) is 12.9. The van der Waals surface area contributed by atoms with Crippen molar-refractivity contribution >= 4 is 28.3 Å². The van der Waals surface area contributed by atoms with Crippen molar-refractivity contribution in [2.45, 2.75) is 45.9 Å². The highest BCUT2D eigenvalue weighted by atomic mass is 32.1. The van der Waals surface area contributed by atoms with Gasteiger partial charge in [-0.2, -0.15) is 13.2 Å². The number of hydrogen-bond donors (Lipinski definition) is 0. The van der Waals surface area contributed by atoms with E-state index in [2.05, 4.69) is 4.98 Å². The van der Waals surface area contributed by atoms with E-state index in [0.717, 1.165) is 23.2 Å². The Kier molecular flexibility index (Phi) is 5.21. The summed E-state index contributed by atoms with van der Waals surface area (Å²) >= 11 is 0.735. The van der Waals surface area contributed by atoms with E-state index >= 15 is 0 Å². The molecule has 0 aliphatic carbocycles. The van der Waals surface area contributed by atoms with E-state index in [1.54, 1.807) is 20.8 Å². The highest BCUT2D eigenvalue weighted by molar-refractivity contribution is 7.17. The first-order chi connectivity index (χ1) is 9.80. The molecule has 0 N–H and O–H groups in total. The molecule has 0 radical (unpaired) electrons. The molecule has 0 spiro atoms. The standard InChI is InChI=1S/C13H17F3N2O3S/c1-7(19)9-8(6-13(14,15)16)17-10(22-9)18(5)11(20)21-12(2,3)4/h6H2,1-5H3. The van der Waals surface area contributed by atoms with Gasteiger partial charge in [0.15, 0.2) is 10.9 Å². The molecular formula is C13H17F3N2O3S. The number of nitrogens with zero attached hydrogens (tertiary/aromatic N) is 2. The van der Waals surface area contributed by atoms with Crippen molar-refractivity contribution in [1.82, 2.24) is 4.98 Å². The van der Waals surface area contributed by atoms with Crippen LogP contribution in [0.1, 0.15) is 43.1 Å². The summed E-state index contributed by atoms with van der Waals surface area (Å²) in [7, 11) is 1.33. The normalized spacial score (nSPS) is 12.2. The molecule has 5 nitrogen and oxygen atoms in total. The quantitative estimate of drug-likeness (QED) is 0.786. The van der Waals surface area contributed by atoms with Crippen LogP contribution in [0.4, 0.5) is 23.1 Å². The van der Waals surface area contributed by atoms with Crippen molar-refractivity contribution in [3.05, 3.63) is 10.6 Å². The second kappa shape index (κ2) is 6.23. The predicted molar refractivity (Wildman–Crippen MR) is 76.5 cm³/mol. The predicted octanol–water partition coefficient (Wildman–Crippen LogP) is 3.82. The summed E-state index contributed by atoms with van der Waals surface area (Å²) in [5, 5.41) is -0.0151. The summed E-state index contributed by atoms with van der Waals surface area (Å²) < 4.78 is 42.7. The zero-order valence-corrected chi connectivity index (χ0v) is 13.7. The lowest BCUT2D eigenvalue weighted by Crippen LogP contribution is -2.34. The Morgan fingerprint density at radius 1 is 1.27 bits per heavy atom. The molecule has 0 aliphatic heterocycles. The van der Waals surface area contributed by atoms with E-state index in [0.29, 0.717) is 0 Å². The third-order valence-corrected chi connectivity index (χ3v) is 3.60. The molecule has 124 valence electrons. The smallest absolute Gasteiger partial charge is 0.416 e. The molecule has 1 heterocycles. The minimum absolute atomic E-state index is 0.0151. The maximum atomic E-state index is 12.5. The van der Waals surface area contributed by atoms with Crippen LogP contribution in [0.5, 0.6) is 0 Å². The Morgan fingerprint density at radius 3 is 2.23 bits per heavy atom. The molecule has 0 saturated heterocycles. The number of carbonyl (C=O) groups is 2. The minimum atomic E-state index is -4.49. The lowest BCUT2D eigenvalue weighted by atomic mass is 10.2. The number of halogens is 3. The number of aromatic nitrogens is 1. The third-order valence-electron chi connectivity index (χ3n) is 2.33. The molecule has 0 aliphatic rings. The van der Waals surface area contributed by atoms with Crippen molar-refractivity contribution in [2.24, 2.45) is 0 Å². The fourth-order valence-corrected chi connectivity index (χ4v) is 2.41. The van der Waals surface area contributed by atoms with Crippen molar-refractivity contribution in [2.75, 3.05) is 11.9 Å². The van der Waals surface area contributed by atoms with Gasteiger partial charge in [0.1, 0.15) is 5.60 Å². The maximum absolute atomic E-state index is 12.5. The third kappa shape index (κ3) is 5.28. The number of amides is 1. The average Bonchev–Trinajstić information content (AvgIpc) is 2.67. The molecule has 0 atom stereocenters. The molecule has 22 heavy (non-hydrogen) atoms. The Hall–Kier alpha value is -1.64. The average molecular weight is 338 g/mol. The van der Waals surface area contributed by atoms with Gasteiger partial charge in [0.25, 0.3) is 0 Å². The highest BCUT2D eigenvalue weighted by Gasteiger charge is 2.33. The highest BCUT2D eigenvalue weighted by Crippen LogP contribution is 2.31. The number of thiazole rings is 1. The van der Waals surface area contributed by atoms with Crippen LogP contribution in [-0.2, 0) is 11.2 Å². The van der Waals surface area contributed by atoms with E-state index in [4.69, 9.17) is 4.74 Å². The van der Waals surface area contributed by atoms with Crippen LogP contribution < -0.4 is 4.90 Å². The van der Waals surface area contributed by atoms with Crippen molar-refractivity contribution in [1.29, 1.82) is 0 Å². The molecule has 0 fully saturated rings. The number of ether oxygens (including phenoxy) is 1. The van der Waals surface area contributed by atoms with Gasteiger partial charge in [-0.3, -0.25) is 9.69 Å². The molecule has 1 amide bonds. The number of carbonyl (C=O) groups excluding carboxylic acids is 2. The largest absolute Gasteiger partial charge is 0.443 e. The lowest BCUT2D eigenvalue weighted by molar-refractivity contribution is -0.127. The van der Waals surface area contributed by atoms with E-state index in [9.17, 15) is 22.8 Å². The molecule has 0 bridgehead atoms. The van der Waals surface area contributed by atoms with E-state index in [-0.39, 0.29) is 15.7 Å². The summed E-state index contributed by atoms with van der Waals surface area (Å²) in [6.07, 6.45) is -6.56. The van der Waals surface area contributed by atoms with Gasteiger partial charge >= 0.3 is 12.3 Å². The monoisotopic (exact) mass is 338 g/mol. The second-order valence-corrected chi connectivity index (χ2v) is 6.64. The molecule has 1 rings (SSSR count). The summed E-state index contributed by atoms with van der Waals surface area (Å²) in [4.78, 5) is 28.0. The summed E-state index contributed by atoms with van der Waals surface area (Å²) in [6.45, 7) is 6.15. The molecule has 0 unspecified atom stereocenters. The van der Waals surface area contributed by atoms with Crippen LogP contribution in [0.15, 0.2) is 0 Å².